The normalized spacial score (nSPS) is 10.5. The molecule has 0 spiro atoms. The second kappa shape index (κ2) is 5.25. The number of hydrogen-bond acceptors (Lipinski definition) is 5. The van der Waals surface area contributed by atoms with Crippen LogP contribution in [-0.2, 0) is 0 Å². The van der Waals surface area contributed by atoms with Crippen molar-refractivity contribution < 1.29 is 14.3 Å². The average Bonchev–Trinajstić information content (AvgIpc) is 2.48. The van der Waals surface area contributed by atoms with Crippen LogP contribution in [0, 0.1) is 0 Å². The van der Waals surface area contributed by atoms with Crippen molar-refractivity contribution in [3.8, 4) is 0 Å². The lowest BCUT2D eigenvalue weighted by Gasteiger charge is -2.09. The molecule has 3 rings (SSSR count). The maximum Gasteiger partial charge on any atom is 0.351 e. The quantitative estimate of drug-likeness (QED) is 0.507. The van der Waals surface area contributed by atoms with Crippen LogP contribution in [0.15, 0.2) is 57.7 Å². The van der Waals surface area contributed by atoms with Crippen molar-refractivity contribution in [3.05, 3.63) is 64.5 Å². The summed E-state index contributed by atoms with van der Waals surface area (Å²) in [4.78, 5) is 22.5. The Morgan fingerprint density at radius 1 is 1.14 bits per heavy atom. The fourth-order valence-electron chi connectivity index (χ4n) is 2.10. The van der Waals surface area contributed by atoms with Gasteiger partial charge >= 0.3 is 11.6 Å². The van der Waals surface area contributed by atoms with Crippen LogP contribution in [0.5, 0.6) is 0 Å². The van der Waals surface area contributed by atoms with Crippen molar-refractivity contribution in [2.45, 2.75) is 0 Å². The van der Waals surface area contributed by atoms with E-state index in [2.05, 4.69) is 5.32 Å². The summed E-state index contributed by atoms with van der Waals surface area (Å²) in [7, 11) is 0. The summed E-state index contributed by atoms with van der Waals surface area (Å²) in [6.07, 6.45) is 0. The van der Waals surface area contributed by atoms with Gasteiger partial charge in [-0.2, -0.15) is 0 Å². The minimum atomic E-state index is -1.31. The van der Waals surface area contributed by atoms with Gasteiger partial charge in [-0.05, 0) is 30.3 Å². The average molecular weight is 296 g/mol. The molecule has 6 nitrogen and oxygen atoms in total. The molecule has 0 fully saturated rings. The highest BCUT2D eigenvalue weighted by molar-refractivity contribution is 5.92. The molecule has 0 amide bonds. The van der Waals surface area contributed by atoms with Crippen molar-refractivity contribution in [2.75, 3.05) is 11.1 Å². The van der Waals surface area contributed by atoms with Crippen LogP contribution < -0.4 is 16.7 Å². The fourth-order valence-corrected chi connectivity index (χ4v) is 2.10. The zero-order chi connectivity index (χ0) is 15.7. The maximum atomic E-state index is 11.6. The van der Waals surface area contributed by atoms with E-state index in [0.29, 0.717) is 22.3 Å². The molecule has 4 N–H and O–H groups in total. The van der Waals surface area contributed by atoms with E-state index >= 15 is 0 Å². The largest absolute Gasteiger partial charge is 0.477 e. The second-order valence-electron chi connectivity index (χ2n) is 4.72. The fraction of sp³-hybridized carbons (Fsp3) is 0. The maximum absolute atomic E-state index is 11.6. The third-order valence-corrected chi connectivity index (χ3v) is 3.21. The summed E-state index contributed by atoms with van der Waals surface area (Å²) in [5, 5.41) is 12.6. The Labute approximate surface area is 124 Å². The lowest BCUT2D eigenvalue weighted by Crippen LogP contribution is -2.12. The van der Waals surface area contributed by atoms with Gasteiger partial charge in [0, 0.05) is 17.1 Å². The van der Waals surface area contributed by atoms with Crippen molar-refractivity contribution in [2.24, 2.45) is 0 Å². The summed E-state index contributed by atoms with van der Waals surface area (Å²) >= 11 is 0. The van der Waals surface area contributed by atoms with E-state index in [0.717, 1.165) is 5.69 Å². The number of nitrogens with one attached hydrogen (secondary N) is 1. The number of carbonyl (C=O) groups is 1. The molecule has 0 aliphatic carbocycles. The third-order valence-electron chi connectivity index (χ3n) is 3.21. The molecule has 22 heavy (non-hydrogen) atoms. The van der Waals surface area contributed by atoms with Crippen LogP contribution in [0.3, 0.4) is 0 Å². The molecule has 110 valence electrons. The molecule has 1 heterocycles. The first-order chi connectivity index (χ1) is 10.5. The Morgan fingerprint density at radius 3 is 2.64 bits per heavy atom. The van der Waals surface area contributed by atoms with E-state index in [9.17, 15) is 9.59 Å². The van der Waals surface area contributed by atoms with Gasteiger partial charge in [0.25, 0.3) is 0 Å². The first-order valence-electron chi connectivity index (χ1n) is 6.47. The summed E-state index contributed by atoms with van der Waals surface area (Å²) in [5.74, 6) is -1.31. The first kappa shape index (κ1) is 13.7. The van der Waals surface area contributed by atoms with Crippen molar-refractivity contribution in [3.63, 3.8) is 0 Å². The third kappa shape index (κ3) is 2.49. The predicted molar refractivity (Wildman–Crippen MR) is 83.6 cm³/mol. The molecular weight excluding hydrogens is 284 g/mol. The topological polar surface area (TPSA) is 106 Å². The molecule has 0 aliphatic rings. The number of benzene rings is 2. The number of carboxylic acid groups (broad SMARTS) is 1. The number of hydrogen-bond donors (Lipinski definition) is 3. The number of para-hydroxylation sites is 2. The number of fused-ring (bicyclic) bond motifs is 1. The van der Waals surface area contributed by atoms with Gasteiger partial charge in [0.05, 0.1) is 11.4 Å². The predicted octanol–water partition coefficient (Wildman–Crippen LogP) is 2.82. The minimum absolute atomic E-state index is 0.300. The number of nitrogens with two attached hydrogens (primary N) is 1. The number of nitrogen functional groups attached to an aromatic ring is 1. The summed E-state index contributed by atoms with van der Waals surface area (Å²) in [6.45, 7) is 0. The molecule has 0 bridgehead atoms. The highest BCUT2D eigenvalue weighted by Gasteiger charge is 2.12. The van der Waals surface area contributed by atoms with Gasteiger partial charge in [0.2, 0.25) is 0 Å². The molecule has 3 aromatic rings. The SMILES string of the molecule is Nc1ccccc1Nc1ccc2cc(C(=O)O)c(=O)oc2c1. The molecule has 6 heteroatoms. The Balaban J connectivity index is 2.03. The smallest absolute Gasteiger partial charge is 0.351 e. The Morgan fingerprint density at radius 2 is 1.91 bits per heavy atom. The van der Waals surface area contributed by atoms with E-state index in [-0.39, 0.29) is 5.56 Å². The molecule has 1 aromatic heterocycles. The van der Waals surface area contributed by atoms with Gasteiger partial charge in [-0.1, -0.05) is 12.1 Å². The molecule has 0 aliphatic heterocycles. The van der Waals surface area contributed by atoms with E-state index in [1.165, 1.54) is 6.07 Å². The highest BCUT2D eigenvalue weighted by atomic mass is 16.4. The zero-order valence-corrected chi connectivity index (χ0v) is 11.4. The van der Waals surface area contributed by atoms with Crippen LogP contribution in [0.1, 0.15) is 10.4 Å². The molecule has 0 radical (unpaired) electrons. The van der Waals surface area contributed by atoms with Gasteiger partial charge in [0.1, 0.15) is 11.1 Å². The van der Waals surface area contributed by atoms with E-state index < -0.39 is 11.6 Å². The monoisotopic (exact) mass is 296 g/mol. The number of carboxylic acids is 1. The molecule has 0 atom stereocenters. The molecule has 2 aromatic carbocycles. The summed E-state index contributed by atoms with van der Waals surface area (Å²) in [5.41, 5.74) is 6.88. The van der Waals surface area contributed by atoms with Crippen molar-refractivity contribution in [1.82, 2.24) is 0 Å². The van der Waals surface area contributed by atoms with Gasteiger partial charge in [-0.25, -0.2) is 9.59 Å². The Kier molecular flexibility index (Phi) is 3.27. The van der Waals surface area contributed by atoms with Crippen molar-refractivity contribution in [1.29, 1.82) is 0 Å². The lowest BCUT2D eigenvalue weighted by atomic mass is 10.1. The van der Waals surface area contributed by atoms with Gasteiger partial charge in [-0.15, -0.1) is 0 Å². The minimum Gasteiger partial charge on any atom is -0.477 e. The van der Waals surface area contributed by atoms with Crippen molar-refractivity contribution >= 4 is 34.0 Å². The zero-order valence-electron chi connectivity index (χ0n) is 11.4. The van der Waals surface area contributed by atoms with Crippen LogP contribution in [0.4, 0.5) is 17.1 Å². The molecule has 0 saturated carbocycles. The Hall–Kier alpha value is -3.28. The molecular formula is C16H12N2O4. The van der Waals surface area contributed by atoms with Crippen LogP contribution >= 0.6 is 0 Å². The number of anilines is 3. The molecule has 0 unspecified atom stereocenters. The lowest BCUT2D eigenvalue weighted by molar-refractivity contribution is 0.0692. The van der Waals surface area contributed by atoms with E-state index in [1.807, 2.05) is 18.2 Å². The van der Waals surface area contributed by atoms with Crippen LogP contribution in [-0.4, -0.2) is 11.1 Å². The second-order valence-corrected chi connectivity index (χ2v) is 4.72. The van der Waals surface area contributed by atoms with Crippen LogP contribution in [0.25, 0.3) is 11.0 Å². The van der Waals surface area contributed by atoms with Crippen LogP contribution in [0.2, 0.25) is 0 Å². The van der Waals surface area contributed by atoms with E-state index in [1.54, 1.807) is 24.3 Å². The van der Waals surface area contributed by atoms with Gasteiger partial charge in [-0.3, -0.25) is 0 Å². The van der Waals surface area contributed by atoms with Gasteiger partial charge < -0.3 is 20.6 Å². The number of aromatic carboxylic acids is 1. The molecule has 0 saturated heterocycles. The Bertz CT molecular complexity index is 931. The standard InChI is InChI=1S/C16H12N2O4/c17-12-3-1-2-4-13(12)18-10-6-5-9-7-11(15(19)20)16(21)22-14(9)8-10/h1-8,18H,17H2,(H,19,20). The highest BCUT2D eigenvalue weighted by Crippen LogP contribution is 2.25. The summed E-state index contributed by atoms with van der Waals surface area (Å²) in [6, 6.07) is 13.6. The van der Waals surface area contributed by atoms with E-state index in [4.69, 9.17) is 15.3 Å². The first-order valence-corrected chi connectivity index (χ1v) is 6.47. The number of rotatable bonds is 3. The van der Waals surface area contributed by atoms with Gasteiger partial charge in [0.15, 0.2) is 0 Å². The summed E-state index contributed by atoms with van der Waals surface area (Å²) < 4.78 is 5.06.